The number of anilines is 1. The topological polar surface area (TPSA) is 64.0 Å². The third-order valence-corrected chi connectivity index (χ3v) is 5.06. The van der Waals surface area contributed by atoms with Crippen LogP contribution in [-0.4, -0.2) is 15.7 Å². The van der Waals surface area contributed by atoms with E-state index < -0.39 is 0 Å². The first-order valence-corrected chi connectivity index (χ1v) is 9.53. The second-order valence-corrected chi connectivity index (χ2v) is 7.32. The summed E-state index contributed by atoms with van der Waals surface area (Å²) in [6.45, 7) is 0.361. The quantitative estimate of drug-likeness (QED) is 0.643. The molecule has 0 saturated heterocycles. The number of hydrogen-bond acceptors (Lipinski definition) is 4. The van der Waals surface area contributed by atoms with Gasteiger partial charge in [0.25, 0.3) is 5.56 Å². The third-order valence-electron chi connectivity index (χ3n) is 3.62. The molecule has 5 nitrogen and oxygen atoms in total. The molecule has 2 heterocycles. The number of nitrogens with zero attached hydrogens (tertiary/aromatic N) is 2. The van der Waals surface area contributed by atoms with Gasteiger partial charge in [-0.15, -0.1) is 11.3 Å². The standard InChI is InChI=1S/C18H15Cl2N3O2S/c19-12-5-6-14(13(20)11-12)21-17(24)4-1-9-23-18(25)8-7-15(22-23)16-3-2-10-26-16/h2-3,5-8,10-11H,1,4,9H2,(H,21,24). The van der Waals surface area contributed by atoms with Gasteiger partial charge in [0.1, 0.15) is 5.69 Å². The van der Waals surface area contributed by atoms with Crippen molar-refractivity contribution in [3.8, 4) is 10.6 Å². The van der Waals surface area contributed by atoms with Crippen LogP contribution in [-0.2, 0) is 11.3 Å². The van der Waals surface area contributed by atoms with E-state index in [4.69, 9.17) is 23.2 Å². The average molecular weight is 408 g/mol. The summed E-state index contributed by atoms with van der Waals surface area (Å²) >= 11 is 13.4. The van der Waals surface area contributed by atoms with E-state index in [1.807, 2.05) is 17.5 Å². The monoisotopic (exact) mass is 407 g/mol. The molecule has 134 valence electrons. The fourth-order valence-corrected chi connectivity index (χ4v) is 3.50. The van der Waals surface area contributed by atoms with Gasteiger partial charge in [0.05, 0.1) is 15.6 Å². The van der Waals surface area contributed by atoms with E-state index in [1.54, 1.807) is 35.6 Å². The Morgan fingerprint density at radius 3 is 2.77 bits per heavy atom. The van der Waals surface area contributed by atoms with Crippen molar-refractivity contribution in [2.24, 2.45) is 0 Å². The van der Waals surface area contributed by atoms with Crippen LogP contribution in [0.4, 0.5) is 5.69 Å². The molecule has 0 aliphatic heterocycles. The second-order valence-electron chi connectivity index (χ2n) is 5.53. The van der Waals surface area contributed by atoms with Gasteiger partial charge in [-0.25, -0.2) is 4.68 Å². The zero-order valence-electron chi connectivity index (χ0n) is 13.6. The number of halogens is 2. The molecule has 2 aromatic heterocycles. The van der Waals surface area contributed by atoms with Gasteiger partial charge in [0, 0.05) is 24.1 Å². The molecule has 1 aromatic carbocycles. The van der Waals surface area contributed by atoms with Crippen LogP contribution in [0.1, 0.15) is 12.8 Å². The Kier molecular flexibility index (Phi) is 6.08. The van der Waals surface area contributed by atoms with Crippen molar-refractivity contribution in [3.63, 3.8) is 0 Å². The number of benzene rings is 1. The summed E-state index contributed by atoms with van der Waals surface area (Å²) in [5.41, 5.74) is 1.07. The van der Waals surface area contributed by atoms with Crippen molar-refractivity contribution in [2.75, 3.05) is 5.32 Å². The van der Waals surface area contributed by atoms with Crippen LogP contribution < -0.4 is 10.9 Å². The molecule has 0 saturated carbocycles. The largest absolute Gasteiger partial charge is 0.325 e. The lowest BCUT2D eigenvalue weighted by Gasteiger charge is -2.08. The molecule has 0 atom stereocenters. The molecular weight excluding hydrogens is 393 g/mol. The van der Waals surface area contributed by atoms with Crippen molar-refractivity contribution < 1.29 is 4.79 Å². The van der Waals surface area contributed by atoms with Gasteiger partial charge in [-0.1, -0.05) is 29.3 Å². The number of aromatic nitrogens is 2. The summed E-state index contributed by atoms with van der Waals surface area (Å²) in [4.78, 5) is 25.0. The van der Waals surface area contributed by atoms with Gasteiger partial charge in [-0.2, -0.15) is 5.10 Å². The minimum Gasteiger partial charge on any atom is -0.325 e. The molecule has 8 heteroatoms. The fourth-order valence-electron chi connectivity index (χ4n) is 2.36. The second kappa shape index (κ2) is 8.49. The predicted molar refractivity (Wildman–Crippen MR) is 106 cm³/mol. The van der Waals surface area contributed by atoms with E-state index in [-0.39, 0.29) is 17.9 Å². The molecule has 1 amide bonds. The molecule has 0 fully saturated rings. The highest BCUT2D eigenvalue weighted by Crippen LogP contribution is 2.25. The first-order chi connectivity index (χ1) is 12.5. The Hall–Kier alpha value is -2.15. The number of aryl methyl sites for hydroxylation is 1. The van der Waals surface area contributed by atoms with Crippen molar-refractivity contribution in [2.45, 2.75) is 19.4 Å². The van der Waals surface area contributed by atoms with E-state index in [1.165, 1.54) is 10.7 Å². The number of nitrogens with one attached hydrogen (secondary N) is 1. The summed E-state index contributed by atoms with van der Waals surface area (Å²) in [7, 11) is 0. The van der Waals surface area contributed by atoms with Crippen molar-refractivity contribution >= 4 is 46.1 Å². The summed E-state index contributed by atoms with van der Waals surface area (Å²) < 4.78 is 1.39. The van der Waals surface area contributed by atoms with Gasteiger partial charge >= 0.3 is 0 Å². The number of carbonyl (C=O) groups excluding carboxylic acids is 1. The number of thiophene rings is 1. The highest BCUT2D eigenvalue weighted by molar-refractivity contribution is 7.13. The maximum Gasteiger partial charge on any atom is 0.266 e. The van der Waals surface area contributed by atoms with Crippen LogP contribution in [0, 0.1) is 0 Å². The Morgan fingerprint density at radius 2 is 2.04 bits per heavy atom. The predicted octanol–water partition coefficient (Wildman–Crippen LogP) is 4.70. The molecule has 3 aromatic rings. The van der Waals surface area contributed by atoms with Crippen LogP contribution in [0.15, 0.2) is 52.6 Å². The molecule has 0 aliphatic rings. The summed E-state index contributed by atoms with van der Waals surface area (Å²) in [5, 5.41) is 9.95. The number of carbonyl (C=O) groups is 1. The Labute approximate surface area is 164 Å². The van der Waals surface area contributed by atoms with Crippen molar-refractivity contribution in [1.82, 2.24) is 9.78 Å². The summed E-state index contributed by atoms with van der Waals surface area (Å²) in [6, 6.07) is 12.0. The Bertz CT molecular complexity index is 971. The maximum absolute atomic E-state index is 12.1. The molecule has 0 spiro atoms. The van der Waals surface area contributed by atoms with Gasteiger partial charge in [0.15, 0.2) is 0 Å². The highest BCUT2D eigenvalue weighted by Gasteiger charge is 2.08. The van der Waals surface area contributed by atoms with Gasteiger partial charge < -0.3 is 5.32 Å². The van der Waals surface area contributed by atoms with E-state index in [9.17, 15) is 9.59 Å². The SMILES string of the molecule is O=C(CCCn1nc(-c2cccs2)ccc1=O)Nc1ccc(Cl)cc1Cl. The lowest BCUT2D eigenvalue weighted by atomic mass is 10.2. The molecule has 0 bridgehead atoms. The van der Waals surface area contributed by atoms with E-state index in [0.717, 1.165) is 10.6 Å². The molecule has 0 radical (unpaired) electrons. The number of rotatable bonds is 6. The minimum absolute atomic E-state index is 0.184. The maximum atomic E-state index is 12.1. The lowest BCUT2D eigenvalue weighted by Crippen LogP contribution is -2.23. The minimum atomic E-state index is -0.188. The van der Waals surface area contributed by atoms with Crippen molar-refractivity contribution in [1.29, 1.82) is 0 Å². The molecular formula is C18H15Cl2N3O2S. The van der Waals surface area contributed by atoms with E-state index in [0.29, 0.717) is 28.7 Å². The lowest BCUT2D eigenvalue weighted by molar-refractivity contribution is -0.116. The van der Waals surface area contributed by atoms with E-state index >= 15 is 0 Å². The van der Waals surface area contributed by atoms with Gasteiger partial charge in [0.2, 0.25) is 5.91 Å². The van der Waals surface area contributed by atoms with Gasteiger partial charge in [-0.05, 0) is 42.1 Å². The first-order valence-electron chi connectivity index (χ1n) is 7.90. The molecule has 3 rings (SSSR count). The highest BCUT2D eigenvalue weighted by atomic mass is 35.5. The molecule has 0 aliphatic carbocycles. The zero-order valence-corrected chi connectivity index (χ0v) is 15.9. The fraction of sp³-hybridized carbons (Fsp3) is 0.167. The normalized spacial score (nSPS) is 10.7. The number of amides is 1. The third kappa shape index (κ3) is 4.72. The Morgan fingerprint density at radius 1 is 1.19 bits per heavy atom. The Balaban J connectivity index is 1.58. The van der Waals surface area contributed by atoms with Crippen LogP contribution in [0.5, 0.6) is 0 Å². The summed E-state index contributed by atoms with van der Waals surface area (Å²) in [5.74, 6) is -0.184. The van der Waals surface area contributed by atoms with Crippen molar-refractivity contribution in [3.05, 3.63) is 68.2 Å². The smallest absolute Gasteiger partial charge is 0.266 e. The molecule has 26 heavy (non-hydrogen) atoms. The van der Waals surface area contributed by atoms with Crippen LogP contribution in [0.3, 0.4) is 0 Å². The van der Waals surface area contributed by atoms with E-state index in [2.05, 4.69) is 10.4 Å². The summed E-state index contributed by atoms with van der Waals surface area (Å²) in [6.07, 6.45) is 0.730. The molecule has 0 unspecified atom stereocenters. The zero-order chi connectivity index (χ0) is 18.5. The average Bonchev–Trinajstić information content (AvgIpc) is 3.14. The first kappa shape index (κ1) is 18.6. The van der Waals surface area contributed by atoms with Crippen LogP contribution in [0.2, 0.25) is 10.0 Å². The molecule has 1 N–H and O–H groups in total. The van der Waals surface area contributed by atoms with Crippen LogP contribution >= 0.6 is 34.5 Å². The number of hydrogen-bond donors (Lipinski definition) is 1. The van der Waals surface area contributed by atoms with Gasteiger partial charge in [-0.3, -0.25) is 9.59 Å². The van der Waals surface area contributed by atoms with Crippen LogP contribution in [0.25, 0.3) is 10.6 Å².